The standard InChI is InChI=1S/C34H49F6IN2O3/c35-33(36,37)20-42-31(46)32(17-23-7-2-6-12-28(23)41)27-11-5-3-9-25(27)30(45)43(29(32)22-15-13-21(19-44)14-16-22)18-24-8-1-4-10-26(24)34(38,39)40/h21-22,24-27,29,44H,1-20H2,(H,42,46)/t21?,22?,24?,25?,26?,27?,29-,32-/m0/s1. The number of fused-ring (bicyclic) bond motifs is 1. The number of hydrogen-bond donors (Lipinski definition) is 2. The third kappa shape index (κ3) is 7.72. The van der Waals surface area contributed by atoms with E-state index < -0.39 is 59.9 Å². The second kappa shape index (κ2) is 14.8. The molecule has 0 aromatic carbocycles. The van der Waals surface area contributed by atoms with Gasteiger partial charge in [-0.05, 0) is 133 Å². The first-order valence-electron chi connectivity index (χ1n) is 17.5. The average Bonchev–Trinajstić information content (AvgIpc) is 3.02. The van der Waals surface area contributed by atoms with Crippen LogP contribution in [0.1, 0.15) is 109 Å². The smallest absolute Gasteiger partial charge is 0.396 e. The normalized spacial score (nSPS) is 36.4. The summed E-state index contributed by atoms with van der Waals surface area (Å²) in [6, 6.07) is -0.804. The summed E-state index contributed by atoms with van der Waals surface area (Å²) >= 11 is 2.30. The topological polar surface area (TPSA) is 69.6 Å². The van der Waals surface area contributed by atoms with Gasteiger partial charge in [-0.3, -0.25) is 9.59 Å². The van der Waals surface area contributed by atoms with Gasteiger partial charge in [0.25, 0.3) is 0 Å². The molecule has 2 N–H and O–H groups in total. The predicted octanol–water partition coefficient (Wildman–Crippen LogP) is 8.49. The lowest BCUT2D eigenvalue weighted by atomic mass is 9.51. The molecule has 4 aliphatic carbocycles. The van der Waals surface area contributed by atoms with E-state index in [9.17, 15) is 41.0 Å². The number of carbonyl (C=O) groups excluding carboxylic acids is 2. The van der Waals surface area contributed by atoms with Gasteiger partial charge in [-0.15, -0.1) is 0 Å². The van der Waals surface area contributed by atoms with Crippen molar-refractivity contribution in [3.8, 4) is 0 Å². The highest BCUT2D eigenvalue weighted by Crippen LogP contribution is 2.58. The van der Waals surface area contributed by atoms with Gasteiger partial charge < -0.3 is 15.3 Å². The maximum atomic E-state index is 14.7. The number of aliphatic hydroxyl groups excluding tert-OH is 1. The van der Waals surface area contributed by atoms with Gasteiger partial charge in [-0.25, -0.2) is 0 Å². The number of alkyl halides is 6. The summed E-state index contributed by atoms with van der Waals surface area (Å²) in [6.07, 6.45) is 0.946. The second-order valence-corrected chi connectivity index (χ2v) is 16.1. The van der Waals surface area contributed by atoms with Crippen molar-refractivity contribution in [3.05, 3.63) is 9.15 Å². The van der Waals surface area contributed by atoms with Crippen LogP contribution in [0.5, 0.6) is 0 Å². The fraction of sp³-hybridized carbons (Fsp3) is 0.882. The Hall–Kier alpha value is -1.05. The van der Waals surface area contributed by atoms with E-state index in [4.69, 9.17) is 0 Å². The van der Waals surface area contributed by atoms with Crippen LogP contribution < -0.4 is 5.32 Å². The number of aliphatic hydroxyl groups is 1. The SMILES string of the molecule is O=C1C2CCCCC2[C@](CC2=C(I)CCCC2)(C(=O)NCC(F)(F)F)[C@H](C2CCC(CO)CC2)N1CC1CCCCC1C(F)(F)F. The van der Waals surface area contributed by atoms with E-state index in [0.29, 0.717) is 57.8 Å². The van der Waals surface area contributed by atoms with Crippen LogP contribution in [-0.2, 0) is 9.59 Å². The molecular weight excluding hydrogens is 725 g/mol. The van der Waals surface area contributed by atoms with Gasteiger partial charge >= 0.3 is 12.4 Å². The molecule has 262 valence electrons. The molecule has 2 amide bonds. The Morgan fingerprint density at radius 1 is 0.891 bits per heavy atom. The van der Waals surface area contributed by atoms with Gasteiger partial charge in [0.05, 0.1) is 11.3 Å². The summed E-state index contributed by atoms with van der Waals surface area (Å²) in [5, 5.41) is 12.2. The molecule has 0 aromatic heterocycles. The summed E-state index contributed by atoms with van der Waals surface area (Å²) in [5.74, 6) is -4.59. The van der Waals surface area contributed by atoms with Crippen molar-refractivity contribution in [1.29, 1.82) is 0 Å². The minimum atomic E-state index is -4.64. The third-order valence-corrected chi connectivity index (χ3v) is 13.4. The molecule has 5 aliphatic rings. The minimum absolute atomic E-state index is 0.00234. The second-order valence-electron chi connectivity index (χ2n) is 14.8. The Labute approximate surface area is 282 Å². The van der Waals surface area contributed by atoms with Crippen molar-refractivity contribution in [2.45, 2.75) is 128 Å². The number of carbonyl (C=O) groups is 2. The first-order valence-corrected chi connectivity index (χ1v) is 18.5. The molecule has 0 bridgehead atoms. The van der Waals surface area contributed by atoms with Crippen molar-refractivity contribution in [1.82, 2.24) is 10.2 Å². The number of amides is 2. The molecule has 46 heavy (non-hydrogen) atoms. The molecule has 1 saturated heterocycles. The van der Waals surface area contributed by atoms with Gasteiger partial charge in [-0.1, -0.05) is 31.3 Å². The molecule has 3 saturated carbocycles. The van der Waals surface area contributed by atoms with Gasteiger partial charge in [0.2, 0.25) is 11.8 Å². The summed E-state index contributed by atoms with van der Waals surface area (Å²) in [5.41, 5.74) is -0.334. The minimum Gasteiger partial charge on any atom is -0.396 e. The summed E-state index contributed by atoms with van der Waals surface area (Å²) in [6.45, 7) is -1.61. The van der Waals surface area contributed by atoms with Crippen LogP contribution in [0.25, 0.3) is 0 Å². The van der Waals surface area contributed by atoms with Crippen LogP contribution in [0.15, 0.2) is 9.15 Å². The lowest BCUT2D eigenvalue weighted by Gasteiger charge is -2.61. The molecule has 5 nitrogen and oxygen atoms in total. The van der Waals surface area contributed by atoms with E-state index in [1.807, 2.05) is 0 Å². The van der Waals surface area contributed by atoms with Crippen LogP contribution in [0.3, 0.4) is 0 Å². The molecule has 1 aliphatic heterocycles. The molecule has 1 heterocycles. The zero-order chi connectivity index (χ0) is 33.3. The summed E-state index contributed by atoms with van der Waals surface area (Å²) < 4.78 is 85.3. The zero-order valence-electron chi connectivity index (χ0n) is 26.5. The van der Waals surface area contributed by atoms with Crippen LogP contribution in [0, 0.1) is 40.9 Å². The Balaban J connectivity index is 1.67. The molecule has 0 radical (unpaired) electrons. The van der Waals surface area contributed by atoms with E-state index >= 15 is 0 Å². The van der Waals surface area contributed by atoms with Crippen molar-refractivity contribution in [2.75, 3.05) is 19.7 Å². The number of likely N-dealkylation sites (tertiary alicyclic amines) is 1. The summed E-state index contributed by atoms with van der Waals surface area (Å²) in [7, 11) is 0. The van der Waals surface area contributed by atoms with Gasteiger partial charge in [-0.2, -0.15) is 26.3 Å². The maximum Gasteiger partial charge on any atom is 0.405 e. The number of hydrogen-bond acceptors (Lipinski definition) is 3. The third-order valence-electron chi connectivity index (χ3n) is 12.1. The lowest BCUT2D eigenvalue weighted by molar-refractivity contribution is -0.205. The van der Waals surface area contributed by atoms with E-state index in [0.717, 1.165) is 47.7 Å². The summed E-state index contributed by atoms with van der Waals surface area (Å²) in [4.78, 5) is 31.0. The van der Waals surface area contributed by atoms with E-state index in [2.05, 4.69) is 27.9 Å². The number of piperidine rings is 1. The average molecular weight is 775 g/mol. The van der Waals surface area contributed by atoms with Crippen LogP contribution in [-0.4, -0.2) is 59.9 Å². The predicted molar refractivity (Wildman–Crippen MR) is 171 cm³/mol. The van der Waals surface area contributed by atoms with E-state index in [-0.39, 0.29) is 43.7 Å². The van der Waals surface area contributed by atoms with E-state index in [1.54, 1.807) is 4.90 Å². The highest BCUT2D eigenvalue weighted by molar-refractivity contribution is 14.1. The number of nitrogens with zero attached hydrogens (tertiary/aromatic N) is 1. The number of nitrogens with one attached hydrogen (secondary N) is 1. The van der Waals surface area contributed by atoms with E-state index in [1.165, 1.54) is 0 Å². The first-order chi connectivity index (χ1) is 21.8. The maximum absolute atomic E-state index is 14.7. The molecule has 12 heteroatoms. The van der Waals surface area contributed by atoms with Crippen molar-refractivity contribution in [3.63, 3.8) is 0 Å². The Kier molecular flexibility index (Phi) is 11.7. The fourth-order valence-electron chi connectivity index (χ4n) is 10.00. The molecule has 0 aromatic rings. The molecule has 5 rings (SSSR count). The molecule has 4 unspecified atom stereocenters. The van der Waals surface area contributed by atoms with Gasteiger partial charge in [0.1, 0.15) is 6.54 Å². The number of allylic oxidation sites excluding steroid dienone is 2. The van der Waals surface area contributed by atoms with Crippen molar-refractivity contribution < 1.29 is 41.0 Å². The number of rotatable bonds is 8. The van der Waals surface area contributed by atoms with Gasteiger partial charge in [0, 0.05) is 25.1 Å². The monoisotopic (exact) mass is 774 g/mol. The number of halogens is 7. The lowest BCUT2D eigenvalue weighted by Crippen LogP contribution is -2.71. The largest absolute Gasteiger partial charge is 0.405 e. The zero-order valence-corrected chi connectivity index (χ0v) is 28.7. The van der Waals surface area contributed by atoms with Crippen LogP contribution in [0.4, 0.5) is 26.3 Å². The quantitative estimate of drug-likeness (QED) is 0.192. The van der Waals surface area contributed by atoms with Crippen molar-refractivity contribution in [2.24, 2.45) is 40.9 Å². The molecular formula is C34H49F6IN2O3. The van der Waals surface area contributed by atoms with Crippen LogP contribution in [0.2, 0.25) is 0 Å². The molecule has 6 atom stereocenters. The molecule has 0 spiro atoms. The van der Waals surface area contributed by atoms with Crippen LogP contribution >= 0.6 is 22.6 Å². The Morgan fingerprint density at radius 3 is 2.20 bits per heavy atom. The first kappa shape index (κ1) is 36.2. The Morgan fingerprint density at radius 2 is 1.54 bits per heavy atom. The Bertz CT molecular complexity index is 1120. The highest BCUT2D eigenvalue weighted by atomic mass is 127. The highest BCUT2D eigenvalue weighted by Gasteiger charge is 2.64. The van der Waals surface area contributed by atoms with Crippen molar-refractivity contribution >= 4 is 34.4 Å². The molecule has 4 fully saturated rings. The fourth-order valence-corrected chi connectivity index (χ4v) is 10.8. The van der Waals surface area contributed by atoms with Gasteiger partial charge in [0.15, 0.2) is 0 Å².